The van der Waals surface area contributed by atoms with Gasteiger partial charge in [0.15, 0.2) is 5.13 Å². The maximum atomic E-state index is 5.84. The standard InChI is InChI=1S/C16H22N4S.2ClH/c1-2-15-11-18-16(21-15)20-8-6-19(7-9-20)12-13-4-3-5-14(17)10-13;;/h3-5,10-11H,2,6-9,12,17H2,1H3;2*1H. The monoisotopic (exact) mass is 374 g/mol. The molecule has 7 heteroatoms. The lowest BCUT2D eigenvalue weighted by Crippen LogP contribution is -2.45. The molecular formula is C16H24Cl2N4S. The number of hydrogen-bond acceptors (Lipinski definition) is 5. The third-order valence-electron chi connectivity index (χ3n) is 3.89. The maximum Gasteiger partial charge on any atom is 0.185 e. The van der Waals surface area contributed by atoms with Crippen molar-refractivity contribution < 1.29 is 0 Å². The van der Waals surface area contributed by atoms with E-state index in [1.807, 2.05) is 29.7 Å². The van der Waals surface area contributed by atoms with Crippen LogP contribution >= 0.6 is 36.2 Å². The fraction of sp³-hybridized carbons (Fsp3) is 0.438. The largest absolute Gasteiger partial charge is 0.399 e. The van der Waals surface area contributed by atoms with Crippen LogP contribution in [0.4, 0.5) is 10.8 Å². The molecule has 2 N–H and O–H groups in total. The Kier molecular flexibility index (Phi) is 8.12. The van der Waals surface area contributed by atoms with Crippen LogP contribution in [0.1, 0.15) is 17.4 Å². The number of anilines is 2. The van der Waals surface area contributed by atoms with Gasteiger partial charge in [-0.3, -0.25) is 4.90 Å². The van der Waals surface area contributed by atoms with Crippen LogP contribution in [0.5, 0.6) is 0 Å². The van der Waals surface area contributed by atoms with Crippen molar-refractivity contribution in [2.75, 3.05) is 36.8 Å². The van der Waals surface area contributed by atoms with Crippen LogP contribution in [0.25, 0.3) is 0 Å². The van der Waals surface area contributed by atoms with Gasteiger partial charge in [-0.1, -0.05) is 19.1 Å². The molecule has 2 heterocycles. The van der Waals surface area contributed by atoms with Crippen molar-refractivity contribution >= 4 is 47.0 Å². The van der Waals surface area contributed by atoms with E-state index in [0.717, 1.165) is 44.8 Å². The lowest BCUT2D eigenvalue weighted by Gasteiger charge is -2.34. The number of hydrogen-bond donors (Lipinski definition) is 1. The zero-order chi connectivity index (χ0) is 14.7. The molecule has 0 atom stereocenters. The van der Waals surface area contributed by atoms with E-state index in [4.69, 9.17) is 5.73 Å². The first-order chi connectivity index (χ1) is 10.2. The van der Waals surface area contributed by atoms with Gasteiger partial charge in [-0.2, -0.15) is 0 Å². The summed E-state index contributed by atoms with van der Waals surface area (Å²) in [5, 5.41) is 1.18. The lowest BCUT2D eigenvalue weighted by molar-refractivity contribution is 0.250. The third-order valence-corrected chi connectivity index (χ3v) is 5.09. The molecule has 0 spiro atoms. The zero-order valence-electron chi connectivity index (χ0n) is 13.3. The Morgan fingerprint density at radius 3 is 2.52 bits per heavy atom. The van der Waals surface area contributed by atoms with Crippen molar-refractivity contribution in [1.82, 2.24) is 9.88 Å². The normalized spacial score (nSPS) is 14.9. The summed E-state index contributed by atoms with van der Waals surface area (Å²) in [4.78, 5) is 10.8. The number of nitrogens with zero attached hydrogens (tertiary/aromatic N) is 3. The number of benzene rings is 1. The first-order valence-corrected chi connectivity index (χ1v) is 8.32. The summed E-state index contributed by atoms with van der Waals surface area (Å²) in [6.07, 6.45) is 3.09. The van der Waals surface area contributed by atoms with Crippen molar-refractivity contribution in [2.24, 2.45) is 0 Å². The number of nitrogens with two attached hydrogens (primary N) is 1. The molecule has 1 aromatic carbocycles. The van der Waals surface area contributed by atoms with Crippen LogP contribution in [-0.4, -0.2) is 36.1 Å². The Morgan fingerprint density at radius 2 is 1.91 bits per heavy atom. The maximum absolute atomic E-state index is 5.84. The fourth-order valence-corrected chi connectivity index (χ4v) is 3.56. The van der Waals surface area contributed by atoms with Gasteiger partial charge in [-0.15, -0.1) is 36.2 Å². The molecule has 1 aromatic heterocycles. The molecule has 4 nitrogen and oxygen atoms in total. The second kappa shape index (κ2) is 9.33. The van der Waals surface area contributed by atoms with Gasteiger partial charge in [0.05, 0.1) is 0 Å². The van der Waals surface area contributed by atoms with Crippen LogP contribution in [0.15, 0.2) is 30.5 Å². The van der Waals surface area contributed by atoms with Gasteiger partial charge >= 0.3 is 0 Å². The molecule has 0 saturated carbocycles. The van der Waals surface area contributed by atoms with Gasteiger partial charge in [0.1, 0.15) is 0 Å². The van der Waals surface area contributed by atoms with E-state index in [-0.39, 0.29) is 24.8 Å². The van der Waals surface area contributed by atoms with Gasteiger partial charge in [0, 0.05) is 49.5 Å². The molecule has 0 bridgehead atoms. The third kappa shape index (κ3) is 5.24. The lowest BCUT2D eigenvalue weighted by atomic mass is 10.2. The minimum absolute atomic E-state index is 0. The SMILES string of the molecule is CCc1cnc(N2CCN(Cc3cccc(N)c3)CC2)s1.Cl.Cl. The Labute approximate surface area is 154 Å². The second-order valence-corrected chi connectivity index (χ2v) is 6.56. The molecule has 3 rings (SSSR count). The molecule has 1 aliphatic rings. The van der Waals surface area contributed by atoms with Gasteiger partial charge in [-0.05, 0) is 24.1 Å². The fourth-order valence-electron chi connectivity index (χ4n) is 2.65. The van der Waals surface area contributed by atoms with E-state index in [9.17, 15) is 0 Å². The van der Waals surface area contributed by atoms with Crippen LogP contribution in [0.3, 0.4) is 0 Å². The van der Waals surface area contributed by atoms with Crippen molar-refractivity contribution in [3.63, 3.8) is 0 Å². The van der Waals surface area contributed by atoms with Crippen LogP contribution in [0.2, 0.25) is 0 Å². The van der Waals surface area contributed by atoms with Crippen molar-refractivity contribution in [1.29, 1.82) is 0 Å². The number of thiazole rings is 1. The number of rotatable bonds is 4. The van der Waals surface area contributed by atoms with E-state index < -0.39 is 0 Å². The quantitative estimate of drug-likeness (QED) is 0.832. The van der Waals surface area contributed by atoms with Crippen molar-refractivity contribution in [3.8, 4) is 0 Å². The van der Waals surface area contributed by atoms with E-state index in [1.165, 1.54) is 15.6 Å². The number of aryl methyl sites for hydroxylation is 1. The molecule has 0 radical (unpaired) electrons. The molecular weight excluding hydrogens is 351 g/mol. The summed E-state index contributed by atoms with van der Waals surface area (Å²) < 4.78 is 0. The highest BCUT2D eigenvalue weighted by Gasteiger charge is 2.19. The van der Waals surface area contributed by atoms with Gasteiger partial charge < -0.3 is 10.6 Å². The number of aromatic nitrogens is 1. The Hall–Kier alpha value is -1.01. The molecule has 0 amide bonds. The first-order valence-electron chi connectivity index (χ1n) is 7.51. The number of piperazine rings is 1. The molecule has 1 saturated heterocycles. The van der Waals surface area contributed by atoms with Gasteiger partial charge in [-0.25, -0.2) is 4.98 Å². The summed E-state index contributed by atoms with van der Waals surface area (Å²) in [5.74, 6) is 0. The average Bonchev–Trinajstić information content (AvgIpc) is 2.97. The van der Waals surface area contributed by atoms with Gasteiger partial charge in [0.25, 0.3) is 0 Å². The Morgan fingerprint density at radius 1 is 1.17 bits per heavy atom. The highest BCUT2D eigenvalue weighted by atomic mass is 35.5. The molecule has 0 unspecified atom stereocenters. The molecule has 128 valence electrons. The van der Waals surface area contributed by atoms with E-state index in [2.05, 4.69) is 33.8 Å². The minimum Gasteiger partial charge on any atom is -0.399 e. The second-order valence-electron chi connectivity index (χ2n) is 5.47. The predicted octanol–water partition coefficient (Wildman–Crippen LogP) is 3.45. The average molecular weight is 375 g/mol. The van der Waals surface area contributed by atoms with E-state index in [0.29, 0.717) is 0 Å². The molecule has 1 fully saturated rings. The van der Waals surface area contributed by atoms with Crippen LogP contribution in [-0.2, 0) is 13.0 Å². The zero-order valence-corrected chi connectivity index (χ0v) is 15.7. The van der Waals surface area contributed by atoms with Crippen LogP contribution < -0.4 is 10.6 Å². The molecule has 1 aliphatic heterocycles. The van der Waals surface area contributed by atoms with Crippen LogP contribution in [0, 0.1) is 0 Å². The van der Waals surface area contributed by atoms with E-state index >= 15 is 0 Å². The number of halogens is 2. The summed E-state index contributed by atoms with van der Waals surface area (Å²) in [5.41, 5.74) is 7.99. The van der Waals surface area contributed by atoms with Crippen molar-refractivity contribution in [3.05, 3.63) is 40.9 Å². The smallest absolute Gasteiger partial charge is 0.185 e. The molecule has 2 aromatic rings. The first kappa shape index (κ1) is 20.0. The predicted molar refractivity (Wildman–Crippen MR) is 104 cm³/mol. The highest BCUT2D eigenvalue weighted by molar-refractivity contribution is 7.15. The molecule has 23 heavy (non-hydrogen) atoms. The summed E-state index contributed by atoms with van der Waals surface area (Å²) in [7, 11) is 0. The van der Waals surface area contributed by atoms with Gasteiger partial charge in [0.2, 0.25) is 0 Å². The summed E-state index contributed by atoms with van der Waals surface area (Å²) >= 11 is 1.83. The summed E-state index contributed by atoms with van der Waals surface area (Å²) in [6.45, 7) is 7.43. The summed E-state index contributed by atoms with van der Waals surface area (Å²) in [6, 6.07) is 8.19. The Balaban J connectivity index is 0.00000132. The molecule has 0 aliphatic carbocycles. The number of nitrogen functional groups attached to an aromatic ring is 1. The highest BCUT2D eigenvalue weighted by Crippen LogP contribution is 2.24. The van der Waals surface area contributed by atoms with Crippen molar-refractivity contribution in [2.45, 2.75) is 19.9 Å². The Bertz CT molecular complexity index is 597. The minimum atomic E-state index is 0. The van der Waals surface area contributed by atoms with E-state index in [1.54, 1.807) is 0 Å². The topological polar surface area (TPSA) is 45.4 Å².